The fourth-order valence-electron chi connectivity index (χ4n) is 1.84. The van der Waals surface area contributed by atoms with E-state index in [4.69, 9.17) is 9.47 Å². The van der Waals surface area contributed by atoms with Crippen LogP contribution in [-0.2, 0) is 16.1 Å². The lowest BCUT2D eigenvalue weighted by Crippen LogP contribution is -2.38. The van der Waals surface area contributed by atoms with Crippen LogP contribution in [0.4, 0.5) is 4.39 Å². The average Bonchev–Trinajstić information content (AvgIpc) is 2.44. The number of rotatable bonds is 9. The van der Waals surface area contributed by atoms with Crippen LogP contribution < -0.4 is 15.4 Å². The van der Waals surface area contributed by atoms with Gasteiger partial charge in [-0.2, -0.15) is 0 Å². The summed E-state index contributed by atoms with van der Waals surface area (Å²) >= 11 is 0. The van der Waals surface area contributed by atoms with Crippen molar-refractivity contribution in [3.05, 3.63) is 29.6 Å². The molecule has 1 aromatic carbocycles. The van der Waals surface area contributed by atoms with Crippen molar-refractivity contribution >= 4 is 5.91 Å². The number of carbonyl (C=O) groups is 1. The first-order chi connectivity index (χ1) is 10.1. The third-order valence-electron chi connectivity index (χ3n) is 2.77. The molecule has 0 aliphatic heterocycles. The number of hydrogen-bond donors (Lipinski definition) is 2. The molecule has 0 aliphatic rings. The Kier molecular flexibility index (Phi) is 7.71. The predicted molar refractivity (Wildman–Crippen MR) is 78.8 cm³/mol. The highest BCUT2D eigenvalue weighted by atomic mass is 19.1. The minimum absolute atomic E-state index is 0.0828. The van der Waals surface area contributed by atoms with Crippen LogP contribution in [-0.4, -0.2) is 38.8 Å². The van der Waals surface area contributed by atoms with Gasteiger partial charge < -0.3 is 20.1 Å². The Bertz CT molecular complexity index is 455. The van der Waals surface area contributed by atoms with E-state index in [-0.39, 0.29) is 24.4 Å². The summed E-state index contributed by atoms with van der Waals surface area (Å²) < 4.78 is 23.7. The van der Waals surface area contributed by atoms with E-state index in [2.05, 4.69) is 10.6 Å². The van der Waals surface area contributed by atoms with Gasteiger partial charge in [0.25, 0.3) is 5.91 Å². The third kappa shape index (κ3) is 6.55. The molecule has 21 heavy (non-hydrogen) atoms. The Balaban J connectivity index is 2.55. The summed E-state index contributed by atoms with van der Waals surface area (Å²) in [5, 5.41) is 5.85. The van der Waals surface area contributed by atoms with Crippen LogP contribution in [0.15, 0.2) is 18.2 Å². The summed E-state index contributed by atoms with van der Waals surface area (Å²) in [5.74, 6) is -0.0569. The molecule has 0 aromatic heterocycles. The van der Waals surface area contributed by atoms with Crippen LogP contribution in [0.1, 0.15) is 19.4 Å². The quantitative estimate of drug-likeness (QED) is 0.725. The molecular weight excluding hydrogens is 275 g/mol. The van der Waals surface area contributed by atoms with Gasteiger partial charge in [-0.25, -0.2) is 4.39 Å². The lowest BCUT2D eigenvalue weighted by molar-refractivity contribution is -0.124. The fraction of sp³-hybridized carbons (Fsp3) is 0.533. The van der Waals surface area contributed by atoms with Gasteiger partial charge in [-0.3, -0.25) is 4.79 Å². The van der Waals surface area contributed by atoms with E-state index >= 15 is 0 Å². The van der Waals surface area contributed by atoms with Gasteiger partial charge in [0.1, 0.15) is 11.6 Å². The highest BCUT2D eigenvalue weighted by molar-refractivity contribution is 5.77. The zero-order valence-corrected chi connectivity index (χ0v) is 12.7. The number of hydrogen-bond acceptors (Lipinski definition) is 4. The number of amides is 1. The largest absolute Gasteiger partial charge is 0.483 e. The van der Waals surface area contributed by atoms with Crippen LogP contribution >= 0.6 is 0 Å². The molecule has 1 rings (SSSR count). The second-order valence-electron chi connectivity index (χ2n) is 4.74. The van der Waals surface area contributed by atoms with E-state index in [1.807, 2.05) is 13.8 Å². The summed E-state index contributed by atoms with van der Waals surface area (Å²) in [6.45, 7) is 5.39. The van der Waals surface area contributed by atoms with Gasteiger partial charge in [-0.1, -0.05) is 6.92 Å². The molecule has 118 valence electrons. The Morgan fingerprint density at radius 2 is 2.19 bits per heavy atom. The topological polar surface area (TPSA) is 59.6 Å². The second kappa shape index (κ2) is 9.31. The van der Waals surface area contributed by atoms with Crippen molar-refractivity contribution in [1.82, 2.24) is 10.6 Å². The fourth-order valence-corrected chi connectivity index (χ4v) is 1.84. The van der Waals surface area contributed by atoms with Gasteiger partial charge >= 0.3 is 0 Å². The van der Waals surface area contributed by atoms with Crippen LogP contribution in [0.3, 0.4) is 0 Å². The highest BCUT2D eigenvalue weighted by Gasteiger charge is 2.10. The van der Waals surface area contributed by atoms with Crippen molar-refractivity contribution in [2.24, 2.45) is 0 Å². The zero-order valence-electron chi connectivity index (χ0n) is 12.7. The maximum atomic E-state index is 13.3. The molecule has 0 saturated carbocycles. The van der Waals surface area contributed by atoms with Gasteiger partial charge in [0, 0.05) is 25.3 Å². The van der Waals surface area contributed by atoms with Gasteiger partial charge in [-0.05, 0) is 31.7 Å². The molecule has 6 heteroatoms. The molecule has 2 N–H and O–H groups in total. The molecule has 0 radical (unpaired) electrons. The van der Waals surface area contributed by atoms with E-state index in [0.717, 1.165) is 6.54 Å². The minimum atomic E-state index is -0.326. The minimum Gasteiger partial charge on any atom is -0.483 e. The van der Waals surface area contributed by atoms with Crippen molar-refractivity contribution < 1.29 is 18.7 Å². The Morgan fingerprint density at radius 1 is 1.43 bits per heavy atom. The normalized spacial score (nSPS) is 12.0. The SMILES string of the molecule is CCNCc1cc(F)ccc1OCC(=O)NC(C)COC. The van der Waals surface area contributed by atoms with Gasteiger partial charge in [0.05, 0.1) is 6.61 Å². The van der Waals surface area contributed by atoms with Crippen LogP contribution in [0.2, 0.25) is 0 Å². The lowest BCUT2D eigenvalue weighted by Gasteiger charge is -2.15. The summed E-state index contributed by atoms with van der Waals surface area (Å²) in [5.41, 5.74) is 0.689. The number of methoxy groups -OCH3 is 1. The van der Waals surface area contributed by atoms with Crippen molar-refractivity contribution in [3.8, 4) is 5.75 Å². The number of halogens is 1. The molecule has 1 unspecified atom stereocenters. The standard InChI is InChI=1S/C15H23FN2O3/c1-4-17-8-12-7-13(16)5-6-14(12)21-10-15(19)18-11(2)9-20-3/h5-7,11,17H,4,8-10H2,1-3H3,(H,18,19). The second-order valence-corrected chi connectivity index (χ2v) is 4.74. The molecule has 0 fully saturated rings. The van der Waals surface area contributed by atoms with Crippen molar-refractivity contribution in [1.29, 1.82) is 0 Å². The molecule has 1 amide bonds. The Hall–Kier alpha value is -1.66. The number of carbonyl (C=O) groups excluding carboxylic acids is 1. The summed E-state index contributed by atoms with van der Waals surface area (Å²) in [6, 6.07) is 4.17. The maximum absolute atomic E-state index is 13.3. The van der Waals surface area contributed by atoms with E-state index in [0.29, 0.717) is 24.5 Å². The first-order valence-electron chi connectivity index (χ1n) is 6.97. The molecule has 0 saturated heterocycles. The Labute approximate surface area is 124 Å². The van der Waals surface area contributed by atoms with Crippen LogP contribution in [0.5, 0.6) is 5.75 Å². The molecule has 0 spiro atoms. The predicted octanol–water partition coefficient (Wildman–Crippen LogP) is 1.47. The number of nitrogens with one attached hydrogen (secondary N) is 2. The van der Waals surface area contributed by atoms with E-state index in [1.54, 1.807) is 7.11 Å². The summed E-state index contributed by atoms with van der Waals surface area (Å²) in [6.07, 6.45) is 0. The highest BCUT2D eigenvalue weighted by Crippen LogP contribution is 2.19. The van der Waals surface area contributed by atoms with Crippen molar-refractivity contribution in [2.45, 2.75) is 26.4 Å². The molecule has 1 aromatic rings. The molecule has 5 nitrogen and oxygen atoms in total. The average molecular weight is 298 g/mol. The molecule has 0 aliphatic carbocycles. The number of benzene rings is 1. The van der Waals surface area contributed by atoms with Crippen molar-refractivity contribution in [2.75, 3.05) is 26.9 Å². The lowest BCUT2D eigenvalue weighted by atomic mass is 10.2. The van der Waals surface area contributed by atoms with Gasteiger partial charge in [0.2, 0.25) is 0 Å². The summed E-state index contributed by atoms with van der Waals surface area (Å²) in [4.78, 5) is 11.7. The third-order valence-corrected chi connectivity index (χ3v) is 2.77. The van der Waals surface area contributed by atoms with Gasteiger partial charge in [-0.15, -0.1) is 0 Å². The molecule has 1 atom stereocenters. The zero-order chi connectivity index (χ0) is 15.7. The van der Waals surface area contributed by atoms with Gasteiger partial charge in [0.15, 0.2) is 6.61 Å². The number of ether oxygens (including phenoxy) is 2. The van der Waals surface area contributed by atoms with E-state index < -0.39 is 0 Å². The molecule has 0 heterocycles. The maximum Gasteiger partial charge on any atom is 0.258 e. The smallest absolute Gasteiger partial charge is 0.258 e. The molecule has 0 bridgehead atoms. The van der Waals surface area contributed by atoms with Crippen molar-refractivity contribution in [3.63, 3.8) is 0 Å². The van der Waals surface area contributed by atoms with Crippen LogP contribution in [0, 0.1) is 5.82 Å². The molecular formula is C15H23FN2O3. The van der Waals surface area contributed by atoms with Crippen LogP contribution in [0.25, 0.3) is 0 Å². The first kappa shape index (κ1) is 17.4. The van der Waals surface area contributed by atoms with E-state index in [9.17, 15) is 9.18 Å². The summed E-state index contributed by atoms with van der Waals surface area (Å²) in [7, 11) is 1.57. The Morgan fingerprint density at radius 3 is 2.86 bits per heavy atom. The monoisotopic (exact) mass is 298 g/mol. The van der Waals surface area contributed by atoms with E-state index in [1.165, 1.54) is 18.2 Å². The first-order valence-corrected chi connectivity index (χ1v) is 6.97.